The fourth-order valence-corrected chi connectivity index (χ4v) is 2.87. The fraction of sp³-hybridized carbons (Fsp3) is 0.0476. The van der Waals surface area contributed by atoms with Gasteiger partial charge in [-0.1, -0.05) is 41.4 Å². The molecule has 3 rings (SSSR count). The third-order valence-corrected chi connectivity index (χ3v) is 4.26. The number of para-hydroxylation sites is 1. The van der Waals surface area contributed by atoms with Gasteiger partial charge in [-0.2, -0.15) is 0 Å². The number of halogens is 2. The van der Waals surface area contributed by atoms with Crippen LogP contribution in [0.1, 0.15) is 10.4 Å². The molecule has 2 N–H and O–H groups in total. The summed E-state index contributed by atoms with van der Waals surface area (Å²) in [6, 6.07) is 17.7. The van der Waals surface area contributed by atoms with E-state index in [9.17, 15) is 9.59 Å². The van der Waals surface area contributed by atoms with Crippen LogP contribution in [0.3, 0.4) is 0 Å². The van der Waals surface area contributed by atoms with Crippen molar-refractivity contribution in [3.05, 3.63) is 82.3 Å². The number of anilines is 1. The zero-order valence-corrected chi connectivity index (χ0v) is 16.4. The maximum atomic E-state index is 12.1. The minimum absolute atomic E-state index is 0.00362. The molecular weight excluding hydrogens is 417 g/mol. The summed E-state index contributed by atoms with van der Waals surface area (Å²) < 4.78 is 11.2. The van der Waals surface area contributed by atoms with Crippen LogP contribution >= 0.6 is 23.2 Å². The van der Waals surface area contributed by atoms with Crippen LogP contribution in [0, 0.1) is 0 Å². The fourth-order valence-electron chi connectivity index (χ4n) is 2.43. The second-order valence-corrected chi connectivity index (χ2v) is 6.68. The topological polar surface area (TPSA) is 84.9 Å². The molecule has 0 unspecified atom stereocenters. The second kappa shape index (κ2) is 9.32. The Labute approximate surface area is 176 Å². The monoisotopic (exact) mass is 431 g/mol. The largest absolute Gasteiger partial charge is 0.484 e. The Bertz CT molecular complexity index is 1050. The molecule has 0 aromatic heterocycles. The van der Waals surface area contributed by atoms with Gasteiger partial charge in [0.15, 0.2) is 6.61 Å². The molecule has 0 bridgehead atoms. The highest BCUT2D eigenvalue weighted by atomic mass is 35.5. The quantitative estimate of drug-likeness (QED) is 0.515. The van der Waals surface area contributed by atoms with Crippen molar-refractivity contribution >= 4 is 40.8 Å². The minimum Gasteiger partial charge on any atom is -0.484 e. The van der Waals surface area contributed by atoms with E-state index in [1.54, 1.807) is 54.6 Å². The van der Waals surface area contributed by atoms with Crippen LogP contribution in [0.5, 0.6) is 17.2 Å². The van der Waals surface area contributed by atoms with Gasteiger partial charge in [-0.25, -0.2) is 4.79 Å². The normalized spacial score (nSPS) is 10.3. The van der Waals surface area contributed by atoms with Crippen LogP contribution in [0.25, 0.3) is 0 Å². The number of carboxylic acid groups (broad SMARTS) is 1. The molecular formula is C21H15Cl2NO5. The molecule has 0 saturated carbocycles. The van der Waals surface area contributed by atoms with Crippen LogP contribution in [0.15, 0.2) is 66.7 Å². The first-order chi connectivity index (χ1) is 13.9. The molecule has 0 saturated heterocycles. The van der Waals surface area contributed by atoms with Gasteiger partial charge in [0.2, 0.25) is 0 Å². The summed E-state index contributed by atoms with van der Waals surface area (Å²) in [7, 11) is 0. The van der Waals surface area contributed by atoms with Gasteiger partial charge in [-0.05, 0) is 42.5 Å². The van der Waals surface area contributed by atoms with E-state index in [1.165, 1.54) is 12.1 Å². The van der Waals surface area contributed by atoms with Gasteiger partial charge in [0.25, 0.3) is 5.91 Å². The summed E-state index contributed by atoms with van der Waals surface area (Å²) in [4.78, 5) is 23.3. The maximum Gasteiger partial charge on any atom is 0.337 e. The number of aromatic carboxylic acids is 1. The van der Waals surface area contributed by atoms with E-state index in [1.807, 2.05) is 0 Å². The van der Waals surface area contributed by atoms with Gasteiger partial charge in [-0.15, -0.1) is 0 Å². The first-order valence-electron chi connectivity index (χ1n) is 8.40. The SMILES string of the molecule is O=C(COc1cccc(Oc2ccc(Cl)cc2Cl)c1)Nc1ccccc1C(=O)O. The van der Waals surface area contributed by atoms with Crippen molar-refractivity contribution in [3.8, 4) is 17.2 Å². The molecule has 0 aliphatic carbocycles. The van der Waals surface area contributed by atoms with Crippen molar-refractivity contribution in [2.24, 2.45) is 0 Å². The highest BCUT2D eigenvalue weighted by Crippen LogP contribution is 2.32. The number of carbonyl (C=O) groups excluding carboxylic acids is 1. The minimum atomic E-state index is -1.13. The molecule has 0 fully saturated rings. The number of benzene rings is 3. The summed E-state index contributed by atoms with van der Waals surface area (Å²) in [6.45, 7) is -0.306. The Morgan fingerprint density at radius 2 is 1.69 bits per heavy atom. The van der Waals surface area contributed by atoms with Crippen molar-refractivity contribution in [2.75, 3.05) is 11.9 Å². The smallest absolute Gasteiger partial charge is 0.337 e. The standard InChI is InChI=1S/C21H15Cl2NO5/c22-13-8-9-19(17(23)10-13)29-15-5-3-4-14(11-15)28-12-20(25)24-18-7-2-1-6-16(18)21(26)27/h1-11H,12H2,(H,24,25)(H,26,27). The molecule has 6 nitrogen and oxygen atoms in total. The third-order valence-electron chi connectivity index (χ3n) is 3.73. The Balaban J connectivity index is 1.62. The van der Waals surface area contributed by atoms with Crippen molar-refractivity contribution in [1.29, 1.82) is 0 Å². The lowest BCUT2D eigenvalue weighted by Crippen LogP contribution is -2.21. The Morgan fingerprint density at radius 1 is 0.931 bits per heavy atom. The third kappa shape index (κ3) is 5.63. The number of ether oxygens (including phenoxy) is 2. The average molecular weight is 432 g/mol. The molecule has 3 aromatic rings. The van der Waals surface area contributed by atoms with E-state index >= 15 is 0 Å². The Hall–Kier alpha value is -3.22. The van der Waals surface area contributed by atoms with E-state index in [0.29, 0.717) is 27.3 Å². The molecule has 1 amide bonds. The number of hydrogen-bond donors (Lipinski definition) is 2. The van der Waals surface area contributed by atoms with Gasteiger partial charge in [0.1, 0.15) is 17.2 Å². The van der Waals surface area contributed by atoms with Gasteiger partial charge in [-0.3, -0.25) is 4.79 Å². The number of carbonyl (C=O) groups is 2. The van der Waals surface area contributed by atoms with Crippen LogP contribution in [-0.4, -0.2) is 23.6 Å². The molecule has 148 valence electrons. The molecule has 29 heavy (non-hydrogen) atoms. The van der Waals surface area contributed by atoms with Crippen LogP contribution in [0.2, 0.25) is 10.0 Å². The van der Waals surface area contributed by atoms with Gasteiger partial charge in [0.05, 0.1) is 16.3 Å². The van der Waals surface area contributed by atoms with Crippen molar-refractivity contribution in [1.82, 2.24) is 0 Å². The van der Waals surface area contributed by atoms with Crippen LogP contribution in [0.4, 0.5) is 5.69 Å². The highest BCUT2D eigenvalue weighted by molar-refractivity contribution is 6.35. The molecule has 0 radical (unpaired) electrons. The number of hydrogen-bond acceptors (Lipinski definition) is 4. The van der Waals surface area contributed by atoms with Gasteiger partial charge >= 0.3 is 5.97 Å². The first kappa shape index (κ1) is 20.5. The second-order valence-electron chi connectivity index (χ2n) is 5.84. The summed E-state index contributed by atoms with van der Waals surface area (Å²) >= 11 is 12.0. The van der Waals surface area contributed by atoms with E-state index in [0.717, 1.165) is 0 Å². The molecule has 8 heteroatoms. The Morgan fingerprint density at radius 3 is 2.45 bits per heavy atom. The summed E-state index contributed by atoms with van der Waals surface area (Å²) in [5, 5.41) is 12.5. The number of amides is 1. The predicted molar refractivity (Wildman–Crippen MR) is 111 cm³/mol. The van der Waals surface area contributed by atoms with E-state index in [2.05, 4.69) is 5.32 Å². The molecule has 0 spiro atoms. The predicted octanol–water partition coefficient (Wildman–Crippen LogP) is 5.50. The lowest BCUT2D eigenvalue weighted by molar-refractivity contribution is -0.118. The van der Waals surface area contributed by atoms with E-state index in [-0.39, 0.29) is 17.9 Å². The lowest BCUT2D eigenvalue weighted by Gasteiger charge is -2.11. The van der Waals surface area contributed by atoms with Crippen molar-refractivity contribution in [3.63, 3.8) is 0 Å². The van der Waals surface area contributed by atoms with Gasteiger partial charge in [0, 0.05) is 11.1 Å². The zero-order valence-electron chi connectivity index (χ0n) is 14.9. The van der Waals surface area contributed by atoms with Gasteiger partial charge < -0.3 is 19.9 Å². The molecule has 0 heterocycles. The summed E-state index contributed by atoms with van der Waals surface area (Å²) in [5.74, 6) is -0.341. The molecule has 0 aliphatic rings. The number of rotatable bonds is 7. The number of carboxylic acids is 1. The van der Waals surface area contributed by atoms with Crippen molar-refractivity contribution in [2.45, 2.75) is 0 Å². The van der Waals surface area contributed by atoms with Crippen LogP contribution < -0.4 is 14.8 Å². The summed E-state index contributed by atoms with van der Waals surface area (Å²) in [6.07, 6.45) is 0. The summed E-state index contributed by atoms with van der Waals surface area (Å²) in [5.41, 5.74) is 0.194. The average Bonchev–Trinajstić information content (AvgIpc) is 2.69. The molecule has 3 aromatic carbocycles. The lowest BCUT2D eigenvalue weighted by atomic mass is 10.2. The van der Waals surface area contributed by atoms with Crippen LogP contribution in [-0.2, 0) is 4.79 Å². The van der Waals surface area contributed by atoms with E-state index in [4.69, 9.17) is 37.8 Å². The first-order valence-corrected chi connectivity index (χ1v) is 9.16. The maximum absolute atomic E-state index is 12.1. The van der Waals surface area contributed by atoms with E-state index < -0.39 is 11.9 Å². The Kier molecular flexibility index (Phi) is 6.59. The number of nitrogens with one attached hydrogen (secondary N) is 1. The zero-order chi connectivity index (χ0) is 20.8. The highest BCUT2D eigenvalue weighted by Gasteiger charge is 2.12. The molecule has 0 atom stereocenters. The van der Waals surface area contributed by atoms with Crippen molar-refractivity contribution < 1.29 is 24.2 Å². The molecule has 0 aliphatic heterocycles.